The maximum absolute atomic E-state index is 9.34. The van der Waals surface area contributed by atoms with Gasteiger partial charge in [0.05, 0.1) is 11.1 Å². The third-order valence-corrected chi connectivity index (χ3v) is 2.69. The number of aromatic hydroxyl groups is 1. The predicted octanol–water partition coefficient (Wildman–Crippen LogP) is 1.02. The topological polar surface area (TPSA) is 66.5 Å². The van der Waals surface area contributed by atoms with E-state index in [-0.39, 0.29) is 18.4 Å². The van der Waals surface area contributed by atoms with Crippen molar-refractivity contribution in [3.63, 3.8) is 0 Å². The molecule has 4 heteroatoms. The second kappa shape index (κ2) is 4.60. The van der Waals surface area contributed by atoms with Crippen LogP contribution in [0.25, 0.3) is 0 Å². The van der Waals surface area contributed by atoms with Gasteiger partial charge in [0.25, 0.3) is 0 Å². The summed E-state index contributed by atoms with van der Waals surface area (Å²) in [5, 5.41) is 18.1. The number of aliphatic hydroxyl groups excluding tert-OH is 1. The van der Waals surface area contributed by atoms with E-state index in [0.29, 0.717) is 10.9 Å². The molecule has 0 fully saturated rings. The van der Waals surface area contributed by atoms with Crippen LogP contribution in [0.2, 0.25) is 0 Å². The normalized spacial score (nSPS) is 12.8. The van der Waals surface area contributed by atoms with Gasteiger partial charge < -0.3 is 15.9 Å². The molecule has 1 aromatic carbocycles. The lowest BCUT2D eigenvalue weighted by atomic mass is 10.1. The van der Waals surface area contributed by atoms with E-state index >= 15 is 0 Å². The first kappa shape index (κ1) is 10.5. The molecule has 0 aliphatic rings. The lowest BCUT2D eigenvalue weighted by Crippen LogP contribution is -2.26. The molecule has 0 radical (unpaired) electrons. The average molecular weight is 246 g/mol. The van der Waals surface area contributed by atoms with E-state index < -0.39 is 0 Å². The summed E-state index contributed by atoms with van der Waals surface area (Å²) in [7, 11) is 0. The van der Waals surface area contributed by atoms with Crippen LogP contribution in [0.5, 0.6) is 5.75 Å². The van der Waals surface area contributed by atoms with Crippen molar-refractivity contribution in [2.45, 2.75) is 12.5 Å². The van der Waals surface area contributed by atoms with Crippen molar-refractivity contribution < 1.29 is 10.2 Å². The van der Waals surface area contributed by atoms with Crippen molar-refractivity contribution in [3.8, 4) is 5.75 Å². The minimum Gasteiger partial charge on any atom is -0.507 e. The molecule has 0 aromatic heterocycles. The zero-order chi connectivity index (χ0) is 9.84. The number of aliphatic hydroxyl groups is 1. The second-order valence-electron chi connectivity index (χ2n) is 2.90. The van der Waals surface area contributed by atoms with Crippen molar-refractivity contribution in [3.05, 3.63) is 28.2 Å². The zero-order valence-corrected chi connectivity index (χ0v) is 8.66. The van der Waals surface area contributed by atoms with Crippen LogP contribution < -0.4 is 5.73 Å². The van der Waals surface area contributed by atoms with Gasteiger partial charge in [-0.15, -0.1) is 0 Å². The van der Waals surface area contributed by atoms with E-state index in [1.54, 1.807) is 12.1 Å². The third-order valence-electron chi connectivity index (χ3n) is 1.77. The zero-order valence-electron chi connectivity index (χ0n) is 7.07. The van der Waals surface area contributed by atoms with E-state index in [1.165, 1.54) is 0 Å². The fraction of sp³-hybridized carbons (Fsp3) is 0.333. The largest absolute Gasteiger partial charge is 0.507 e. The van der Waals surface area contributed by atoms with E-state index in [9.17, 15) is 5.11 Å². The predicted molar refractivity (Wildman–Crippen MR) is 54.6 cm³/mol. The summed E-state index contributed by atoms with van der Waals surface area (Å²) in [6.07, 6.45) is 0.547. The van der Waals surface area contributed by atoms with Crippen LogP contribution >= 0.6 is 15.9 Å². The Balaban J connectivity index is 2.83. The molecule has 72 valence electrons. The van der Waals surface area contributed by atoms with Gasteiger partial charge >= 0.3 is 0 Å². The Labute approximate surface area is 85.3 Å². The molecule has 0 saturated carbocycles. The molecule has 0 amide bonds. The van der Waals surface area contributed by atoms with Crippen LogP contribution in [-0.2, 0) is 6.42 Å². The van der Waals surface area contributed by atoms with Gasteiger partial charge in [-0.25, -0.2) is 0 Å². The highest BCUT2D eigenvalue weighted by atomic mass is 79.9. The lowest BCUT2D eigenvalue weighted by Gasteiger charge is -2.10. The molecule has 0 bridgehead atoms. The minimum atomic E-state index is -0.280. The van der Waals surface area contributed by atoms with Crippen LogP contribution in [0.15, 0.2) is 22.7 Å². The summed E-state index contributed by atoms with van der Waals surface area (Å²) in [6, 6.07) is 4.93. The molecule has 0 heterocycles. The number of hydrogen-bond donors (Lipinski definition) is 3. The molecular weight excluding hydrogens is 234 g/mol. The van der Waals surface area contributed by atoms with Crippen molar-refractivity contribution >= 4 is 15.9 Å². The number of rotatable bonds is 3. The van der Waals surface area contributed by atoms with Crippen molar-refractivity contribution in [2.24, 2.45) is 5.73 Å². The van der Waals surface area contributed by atoms with E-state index in [4.69, 9.17) is 10.8 Å². The average Bonchev–Trinajstić information content (AvgIpc) is 2.13. The smallest absolute Gasteiger partial charge is 0.130 e. The Morgan fingerprint density at radius 3 is 2.77 bits per heavy atom. The second-order valence-corrected chi connectivity index (χ2v) is 3.69. The molecule has 0 aliphatic heterocycles. The minimum absolute atomic E-state index is 0.0535. The number of phenols is 1. The van der Waals surface area contributed by atoms with Crippen LogP contribution in [0.1, 0.15) is 5.56 Å². The van der Waals surface area contributed by atoms with Crippen LogP contribution in [0.3, 0.4) is 0 Å². The Hall–Kier alpha value is -0.580. The van der Waals surface area contributed by atoms with E-state index in [0.717, 1.165) is 5.56 Å². The molecular formula is C9H12BrNO2. The number of benzene rings is 1. The standard InChI is InChI=1S/C9H12BrNO2/c10-9-6(4-7(11)5-12)2-1-3-8(9)13/h1-3,7,12-13H,4-5,11H2. The van der Waals surface area contributed by atoms with Gasteiger partial charge in [-0.2, -0.15) is 0 Å². The molecule has 0 aliphatic carbocycles. The molecule has 1 atom stereocenters. The van der Waals surface area contributed by atoms with Crippen LogP contribution in [0, 0.1) is 0 Å². The SMILES string of the molecule is NC(CO)Cc1cccc(O)c1Br. The van der Waals surface area contributed by atoms with Gasteiger partial charge in [0.1, 0.15) is 5.75 Å². The number of phenolic OH excluding ortho intramolecular Hbond substituents is 1. The quantitative estimate of drug-likeness (QED) is 0.745. The fourth-order valence-corrected chi connectivity index (χ4v) is 1.50. The number of halogens is 1. The first-order valence-corrected chi connectivity index (χ1v) is 4.77. The number of nitrogens with two attached hydrogens (primary N) is 1. The highest BCUT2D eigenvalue weighted by Gasteiger charge is 2.08. The van der Waals surface area contributed by atoms with Gasteiger partial charge in [-0.1, -0.05) is 12.1 Å². The molecule has 1 rings (SSSR count). The fourth-order valence-electron chi connectivity index (χ4n) is 1.07. The van der Waals surface area contributed by atoms with Crippen LogP contribution in [-0.4, -0.2) is 22.9 Å². The monoisotopic (exact) mass is 245 g/mol. The van der Waals surface area contributed by atoms with E-state index in [2.05, 4.69) is 15.9 Å². The molecule has 0 spiro atoms. The van der Waals surface area contributed by atoms with Gasteiger partial charge in [-0.05, 0) is 34.0 Å². The summed E-state index contributed by atoms with van der Waals surface area (Å²) in [4.78, 5) is 0. The third kappa shape index (κ3) is 2.69. The Bertz CT molecular complexity index is 291. The first-order chi connectivity index (χ1) is 6.15. The molecule has 13 heavy (non-hydrogen) atoms. The van der Waals surface area contributed by atoms with Crippen LogP contribution in [0.4, 0.5) is 0 Å². The van der Waals surface area contributed by atoms with Crippen molar-refractivity contribution in [1.82, 2.24) is 0 Å². The van der Waals surface area contributed by atoms with Gasteiger partial charge in [0.15, 0.2) is 0 Å². The molecule has 4 N–H and O–H groups in total. The summed E-state index contributed by atoms with van der Waals surface area (Å²) >= 11 is 3.25. The summed E-state index contributed by atoms with van der Waals surface area (Å²) < 4.78 is 0.652. The number of hydrogen-bond acceptors (Lipinski definition) is 3. The summed E-state index contributed by atoms with van der Waals surface area (Å²) in [6.45, 7) is -0.0535. The highest BCUT2D eigenvalue weighted by Crippen LogP contribution is 2.27. The Morgan fingerprint density at radius 1 is 1.46 bits per heavy atom. The van der Waals surface area contributed by atoms with Crippen molar-refractivity contribution in [1.29, 1.82) is 0 Å². The highest BCUT2D eigenvalue weighted by molar-refractivity contribution is 9.10. The van der Waals surface area contributed by atoms with Gasteiger partial charge in [0, 0.05) is 6.04 Å². The van der Waals surface area contributed by atoms with E-state index in [1.807, 2.05) is 6.07 Å². The Morgan fingerprint density at radius 2 is 2.15 bits per heavy atom. The summed E-state index contributed by atoms with van der Waals surface area (Å²) in [5.74, 6) is 0.197. The molecule has 1 unspecified atom stereocenters. The molecule has 0 saturated heterocycles. The summed E-state index contributed by atoms with van der Waals surface area (Å²) in [5.41, 5.74) is 6.48. The Kier molecular flexibility index (Phi) is 3.71. The van der Waals surface area contributed by atoms with Crippen molar-refractivity contribution in [2.75, 3.05) is 6.61 Å². The van der Waals surface area contributed by atoms with Gasteiger partial charge in [0.2, 0.25) is 0 Å². The first-order valence-electron chi connectivity index (χ1n) is 3.98. The van der Waals surface area contributed by atoms with Gasteiger partial charge in [-0.3, -0.25) is 0 Å². The molecule has 3 nitrogen and oxygen atoms in total. The molecule has 1 aromatic rings. The maximum Gasteiger partial charge on any atom is 0.130 e. The lowest BCUT2D eigenvalue weighted by molar-refractivity contribution is 0.265. The maximum atomic E-state index is 9.34.